The van der Waals surface area contributed by atoms with Crippen molar-refractivity contribution in [2.45, 2.75) is 24.9 Å². The molecule has 0 aliphatic heterocycles. The van der Waals surface area contributed by atoms with Crippen LogP contribution in [0.15, 0.2) is 35.2 Å². The van der Waals surface area contributed by atoms with Crippen molar-refractivity contribution in [1.82, 2.24) is 0 Å². The smallest absolute Gasteiger partial charge is 0.419 e. The minimum absolute atomic E-state index is 0.207. The molecule has 0 aliphatic carbocycles. The van der Waals surface area contributed by atoms with E-state index in [9.17, 15) is 30.8 Å². The molecule has 10 heteroatoms. The molecule has 2 aromatic carbocycles. The summed E-state index contributed by atoms with van der Waals surface area (Å²) in [6.45, 7) is 2.90. The molecule has 2 aromatic rings. The van der Waals surface area contributed by atoms with E-state index in [4.69, 9.17) is 5.11 Å². The van der Waals surface area contributed by atoms with Crippen LogP contribution in [0.4, 0.5) is 23.2 Å². The van der Waals surface area contributed by atoms with Crippen molar-refractivity contribution >= 4 is 21.7 Å². The van der Waals surface area contributed by atoms with Crippen LogP contribution in [0.25, 0.3) is 0 Å². The number of alkyl halides is 3. The summed E-state index contributed by atoms with van der Waals surface area (Å²) < 4.78 is 78.4. The maximum Gasteiger partial charge on any atom is 0.419 e. The summed E-state index contributed by atoms with van der Waals surface area (Å²) in [4.78, 5) is 10.8. The summed E-state index contributed by atoms with van der Waals surface area (Å²) in [5, 5.41) is 9.11. The normalized spacial score (nSPS) is 12.1. The Balaban J connectivity index is 2.51. The van der Waals surface area contributed by atoms with Gasteiger partial charge >= 0.3 is 12.1 Å². The molecule has 26 heavy (non-hydrogen) atoms. The molecule has 0 bridgehead atoms. The Morgan fingerprint density at radius 2 is 1.69 bits per heavy atom. The Kier molecular flexibility index (Phi) is 5.00. The molecule has 0 saturated heterocycles. The van der Waals surface area contributed by atoms with E-state index < -0.39 is 44.1 Å². The summed E-state index contributed by atoms with van der Waals surface area (Å²) in [7, 11) is -4.40. The van der Waals surface area contributed by atoms with Gasteiger partial charge in [-0.2, -0.15) is 13.2 Å². The van der Waals surface area contributed by atoms with Gasteiger partial charge in [-0.25, -0.2) is 17.6 Å². The Morgan fingerprint density at radius 1 is 1.08 bits per heavy atom. The number of benzene rings is 2. The molecule has 0 aliphatic rings. The average Bonchev–Trinajstić information content (AvgIpc) is 2.47. The maximum atomic E-state index is 13.3. The lowest BCUT2D eigenvalue weighted by Crippen LogP contribution is -2.17. The number of aromatic carboxylic acids is 1. The molecule has 0 radical (unpaired) electrons. The quantitative estimate of drug-likeness (QED) is 0.773. The molecule has 2 N–H and O–H groups in total. The highest BCUT2D eigenvalue weighted by Gasteiger charge is 2.34. The van der Waals surface area contributed by atoms with Crippen molar-refractivity contribution in [2.24, 2.45) is 0 Å². The summed E-state index contributed by atoms with van der Waals surface area (Å²) >= 11 is 0. The second-order valence-corrected chi connectivity index (χ2v) is 7.19. The zero-order chi connectivity index (χ0) is 19.9. The van der Waals surface area contributed by atoms with Crippen LogP contribution in [0, 0.1) is 19.7 Å². The minimum atomic E-state index is -5.00. The predicted octanol–water partition coefficient (Wildman–Crippen LogP) is 3.96. The molecular weight excluding hydrogens is 378 g/mol. The molecule has 0 unspecified atom stereocenters. The third kappa shape index (κ3) is 3.96. The molecule has 0 atom stereocenters. The molecular formula is C16H13F4NO4S. The molecule has 140 valence electrons. The Hall–Kier alpha value is -2.62. The van der Waals surface area contributed by atoms with Gasteiger partial charge in [0.2, 0.25) is 0 Å². The van der Waals surface area contributed by atoms with E-state index in [1.807, 2.05) is 4.72 Å². The van der Waals surface area contributed by atoms with Gasteiger partial charge in [0.15, 0.2) is 0 Å². The summed E-state index contributed by atoms with van der Waals surface area (Å²) in [6, 6.07) is 3.91. The molecule has 0 fully saturated rings. The number of hydrogen-bond donors (Lipinski definition) is 2. The van der Waals surface area contributed by atoms with Gasteiger partial charge in [-0.15, -0.1) is 0 Å². The molecule has 5 nitrogen and oxygen atoms in total. The lowest BCUT2D eigenvalue weighted by atomic mass is 10.1. The number of aryl methyl sites for hydroxylation is 2. The highest BCUT2D eigenvalue weighted by atomic mass is 32.2. The van der Waals surface area contributed by atoms with Crippen LogP contribution in [0.2, 0.25) is 0 Å². The molecule has 0 saturated carbocycles. The lowest BCUT2D eigenvalue weighted by Gasteiger charge is -2.14. The van der Waals surface area contributed by atoms with Crippen molar-refractivity contribution < 1.29 is 35.9 Å². The number of hydrogen-bond acceptors (Lipinski definition) is 3. The molecule has 0 amide bonds. The second kappa shape index (κ2) is 6.60. The van der Waals surface area contributed by atoms with Gasteiger partial charge in [-0.05, 0) is 49.2 Å². The van der Waals surface area contributed by atoms with Crippen molar-refractivity contribution in [1.29, 1.82) is 0 Å². The van der Waals surface area contributed by atoms with E-state index in [1.165, 1.54) is 19.9 Å². The van der Waals surface area contributed by atoms with Gasteiger partial charge in [-0.3, -0.25) is 4.72 Å². The number of carbonyl (C=O) groups is 1. The average molecular weight is 391 g/mol. The molecule has 2 rings (SSSR count). The highest BCUT2D eigenvalue weighted by Crippen LogP contribution is 2.33. The fraction of sp³-hybridized carbons (Fsp3) is 0.188. The Bertz CT molecular complexity index is 984. The van der Waals surface area contributed by atoms with Crippen LogP contribution in [0.1, 0.15) is 27.0 Å². The number of carboxylic acids is 1. The van der Waals surface area contributed by atoms with E-state index in [0.29, 0.717) is 17.7 Å². The second-order valence-electron chi connectivity index (χ2n) is 5.54. The third-order valence-corrected chi connectivity index (χ3v) is 5.09. The third-order valence-electron chi connectivity index (χ3n) is 3.57. The van der Waals surface area contributed by atoms with E-state index in [1.54, 1.807) is 0 Å². The van der Waals surface area contributed by atoms with Crippen LogP contribution in [-0.2, 0) is 16.2 Å². The molecule has 0 aromatic heterocycles. The number of sulfonamides is 1. The predicted molar refractivity (Wildman–Crippen MR) is 85.1 cm³/mol. The maximum absolute atomic E-state index is 13.3. The first-order chi connectivity index (χ1) is 11.8. The van der Waals surface area contributed by atoms with Crippen LogP contribution in [0.3, 0.4) is 0 Å². The van der Waals surface area contributed by atoms with E-state index in [2.05, 4.69) is 0 Å². The molecule has 0 spiro atoms. The first kappa shape index (κ1) is 19.7. The number of nitrogens with one attached hydrogen (secondary N) is 1. The van der Waals surface area contributed by atoms with Gasteiger partial charge in [0.05, 0.1) is 16.0 Å². The Morgan fingerprint density at radius 3 is 2.23 bits per heavy atom. The summed E-state index contributed by atoms with van der Waals surface area (Å²) in [5.74, 6) is -2.89. The topological polar surface area (TPSA) is 83.5 Å². The van der Waals surface area contributed by atoms with Gasteiger partial charge in [-0.1, -0.05) is 6.07 Å². The first-order valence-corrected chi connectivity index (χ1v) is 8.55. The highest BCUT2D eigenvalue weighted by molar-refractivity contribution is 7.92. The summed E-state index contributed by atoms with van der Waals surface area (Å²) in [6.07, 6.45) is -5.00. The summed E-state index contributed by atoms with van der Waals surface area (Å²) in [5.41, 5.74) is -1.85. The zero-order valence-corrected chi connectivity index (χ0v) is 14.3. The number of rotatable bonds is 4. The van der Waals surface area contributed by atoms with Gasteiger partial charge in [0.25, 0.3) is 10.0 Å². The standard InChI is InChI=1S/C16H13F4NO4S/c1-8-5-9(2)14(7-11(8)15(22)23)26(24,25)21-10-3-4-13(17)12(6-10)16(18,19)20/h3-7,21H,1-2H3,(H,22,23). The fourth-order valence-electron chi connectivity index (χ4n) is 2.37. The van der Waals surface area contributed by atoms with Crippen LogP contribution >= 0.6 is 0 Å². The van der Waals surface area contributed by atoms with Crippen molar-refractivity contribution in [3.8, 4) is 0 Å². The van der Waals surface area contributed by atoms with Crippen molar-refractivity contribution in [2.75, 3.05) is 4.72 Å². The van der Waals surface area contributed by atoms with Crippen molar-refractivity contribution in [3.05, 3.63) is 58.4 Å². The minimum Gasteiger partial charge on any atom is -0.478 e. The SMILES string of the molecule is Cc1cc(C)c(S(=O)(=O)Nc2ccc(F)c(C(F)(F)F)c2)cc1C(=O)O. The van der Waals surface area contributed by atoms with Crippen LogP contribution in [0.5, 0.6) is 0 Å². The van der Waals surface area contributed by atoms with Crippen molar-refractivity contribution in [3.63, 3.8) is 0 Å². The van der Waals surface area contributed by atoms with Gasteiger partial charge in [0, 0.05) is 5.69 Å². The number of halogens is 4. The first-order valence-electron chi connectivity index (χ1n) is 7.07. The van der Waals surface area contributed by atoms with Gasteiger partial charge in [0.1, 0.15) is 5.82 Å². The van der Waals surface area contributed by atoms with Crippen LogP contribution < -0.4 is 4.72 Å². The van der Waals surface area contributed by atoms with E-state index in [-0.39, 0.29) is 11.1 Å². The lowest BCUT2D eigenvalue weighted by molar-refractivity contribution is -0.139. The largest absolute Gasteiger partial charge is 0.478 e. The number of anilines is 1. The van der Waals surface area contributed by atoms with E-state index in [0.717, 1.165) is 12.1 Å². The zero-order valence-electron chi connectivity index (χ0n) is 13.5. The van der Waals surface area contributed by atoms with Crippen LogP contribution in [-0.4, -0.2) is 19.5 Å². The molecule has 0 heterocycles. The number of carboxylic acid groups (broad SMARTS) is 1. The van der Waals surface area contributed by atoms with E-state index >= 15 is 0 Å². The Labute approximate surface area is 146 Å². The fourth-order valence-corrected chi connectivity index (χ4v) is 3.67. The monoisotopic (exact) mass is 391 g/mol. The van der Waals surface area contributed by atoms with Gasteiger partial charge < -0.3 is 5.11 Å².